The summed E-state index contributed by atoms with van der Waals surface area (Å²) in [5.74, 6) is 0. The number of aromatic nitrogens is 1. The van der Waals surface area contributed by atoms with Gasteiger partial charge in [-0.15, -0.1) is 0 Å². The first kappa shape index (κ1) is 6.15. The molecule has 0 aliphatic heterocycles. The summed E-state index contributed by atoms with van der Waals surface area (Å²) >= 11 is 0. The molecule has 2 aromatic rings. The Kier molecular flexibility index (Phi) is 1.09. The predicted octanol–water partition coefficient (Wildman–Crippen LogP) is 0.875. The maximum atomic E-state index is 5.60. The van der Waals surface area contributed by atoms with Gasteiger partial charge in [-0.25, -0.2) is 0 Å². The van der Waals surface area contributed by atoms with E-state index in [-0.39, 0.29) is 0 Å². The van der Waals surface area contributed by atoms with Gasteiger partial charge < -0.3 is 15.0 Å². The fourth-order valence-corrected chi connectivity index (χ4v) is 1.10. The standard InChI is InChI=1S/C7H8N2O2/c1-10-9-4-5(8)7-6(9)2-3-11-7/h2-4H,8H2,1H3. The van der Waals surface area contributed by atoms with Crippen molar-refractivity contribution in [1.29, 1.82) is 0 Å². The number of nitrogens with zero attached hydrogens (tertiary/aromatic N) is 1. The Morgan fingerprint density at radius 3 is 3.18 bits per heavy atom. The number of hydrogen-bond acceptors (Lipinski definition) is 3. The van der Waals surface area contributed by atoms with Gasteiger partial charge in [0.25, 0.3) is 0 Å². The predicted molar refractivity (Wildman–Crippen MR) is 41.1 cm³/mol. The lowest BCUT2D eigenvalue weighted by atomic mass is 10.5. The second-order valence-electron chi connectivity index (χ2n) is 2.23. The molecule has 0 aromatic carbocycles. The molecule has 0 saturated carbocycles. The van der Waals surface area contributed by atoms with Crippen LogP contribution >= 0.6 is 0 Å². The van der Waals surface area contributed by atoms with Gasteiger partial charge in [-0.2, -0.15) is 4.73 Å². The lowest BCUT2D eigenvalue weighted by Gasteiger charge is -1.96. The first-order valence-electron chi connectivity index (χ1n) is 3.21. The number of anilines is 1. The number of furan rings is 1. The molecule has 0 amide bonds. The first-order valence-corrected chi connectivity index (χ1v) is 3.21. The molecule has 0 spiro atoms. The number of nitrogen functional groups attached to an aromatic ring is 1. The fraction of sp³-hybridized carbons (Fsp3) is 0.143. The molecule has 0 saturated heterocycles. The molecule has 4 nitrogen and oxygen atoms in total. The van der Waals surface area contributed by atoms with Gasteiger partial charge in [-0.1, -0.05) is 0 Å². The summed E-state index contributed by atoms with van der Waals surface area (Å²) in [5.41, 5.74) is 7.72. The molecule has 2 N–H and O–H groups in total. The van der Waals surface area contributed by atoms with Crippen LogP contribution in [0.5, 0.6) is 0 Å². The average Bonchev–Trinajstić information content (AvgIpc) is 2.54. The number of nitrogens with two attached hydrogens (primary N) is 1. The van der Waals surface area contributed by atoms with E-state index in [0.29, 0.717) is 11.3 Å². The second-order valence-corrected chi connectivity index (χ2v) is 2.23. The van der Waals surface area contributed by atoms with Gasteiger partial charge in [-0.3, -0.25) is 0 Å². The second kappa shape index (κ2) is 1.95. The van der Waals surface area contributed by atoms with Crippen LogP contribution in [0.4, 0.5) is 5.69 Å². The highest BCUT2D eigenvalue weighted by Crippen LogP contribution is 2.22. The molecule has 0 atom stereocenters. The van der Waals surface area contributed by atoms with Gasteiger partial charge in [-0.05, 0) is 0 Å². The van der Waals surface area contributed by atoms with Crippen molar-refractivity contribution in [1.82, 2.24) is 4.73 Å². The lowest BCUT2D eigenvalue weighted by Crippen LogP contribution is -2.02. The van der Waals surface area contributed by atoms with Crippen LogP contribution in [0.3, 0.4) is 0 Å². The Balaban J connectivity index is 2.80. The van der Waals surface area contributed by atoms with Crippen molar-refractivity contribution in [2.24, 2.45) is 0 Å². The van der Waals surface area contributed by atoms with Crippen molar-refractivity contribution < 1.29 is 9.25 Å². The van der Waals surface area contributed by atoms with Crippen LogP contribution in [0, 0.1) is 0 Å². The molecular formula is C7H8N2O2. The minimum atomic E-state index is 0.590. The van der Waals surface area contributed by atoms with Crippen LogP contribution < -0.4 is 10.6 Å². The van der Waals surface area contributed by atoms with Crippen LogP contribution in [-0.4, -0.2) is 11.8 Å². The van der Waals surface area contributed by atoms with E-state index in [4.69, 9.17) is 15.0 Å². The Bertz CT molecular complexity index is 375. The summed E-state index contributed by atoms with van der Waals surface area (Å²) < 4.78 is 6.67. The molecule has 0 aliphatic carbocycles. The van der Waals surface area contributed by atoms with Crippen LogP contribution in [0.2, 0.25) is 0 Å². The maximum absolute atomic E-state index is 5.60. The molecule has 2 rings (SSSR count). The zero-order valence-corrected chi connectivity index (χ0v) is 6.07. The van der Waals surface area contributed by atoms with Gasteiger partial charge in [0, 0.05) is 6.07 Å². The molecule has 0 unspecified atom stereocenters. The van der Waals surface area contributed by atoms with E-state index < -0.39 is 0 Å². The third kappa shape index (κ3) is 0.690. The van der Waals surface area contributed by atoms with E-state index in [2.05, 4.69) is 0 Å². The highest BCUT2D eigenvalue weighted by molar-refractivity contribution is 5.86. The minimum Gasteiger partial charge on any atom is -0.460 e. The zero-order chi connectivity index (χ0) is 7.84. The van der Waals surface area contributed by atoms with Crippen LogP contribution in [-0.2, 0) is 0 Å². The van der Waals surface area contributed by atoms with E-state index in [9.17, 15) is 0 Å². The van der Waals surface area contributed by atoms with E-state index in [1.165, 1.54) is 0 Å². The van der Waals surface area contributed by atoms with Crippen molar-refractivity contribution in [3.63, 3.8) is 0 Å². The highest BCUT2D eigenvalue weighted by Gasteiger charge is 2.07. The summed E-state index contributed by atoms with van der Waals surface area (Å²) in [7, 11) is 1.58. The monoisotopic (exact) mass is 152 g/mol. The molecule has 0 fully saturated rings. The summed E-state index contributed by atoms with van der Waals surface area (Å²) in [6, 6.07) is 1.80. The maximum Gasteiger partial charge on any atom is 0.178 e. The summed E-state index contributed by atoms with van der Waals surface area (Å²) in [6.07, 6.45) is 3.25. The molecular weight excluding hydrogens is 144 g/mol. The quantitative estimate of drug-likeness (QED) is 0.659. The van der Waals surface area contributed by atoms with Crippen LogP contribution in [0.15, 0.2) is 22.9 Å². The largest absolute Gasteiger partial charge is 0.460 e. The minimum absolute atomic E-state index is 0.590. The average molecular weight is 152 g/mol. The van der Waals surface area contributed by atoms with E-state index in [1.807, 2.05) is 0 Å². The molecule has 0 aliphatic rings. The number of hydrogen-bond donors (Lipinski definition) is 1. The topological polar surface area (TPSA) is 53.3 Å². The normalized spacial score (nSPS) is 10.6. The van der Waals surface area contributed by atoms with Crippen molar-refractivity contribution in [2.75, 3.05) is 12.8 Å². The Morgan fingerprint density at radius 1 is 1.64 bits per heavy atom. The van der Waals surface area contributed by atoms with Gasteiger partial charge in [0.1, 0.15) is 12.6 Å². The van der Waals surface area contributed by atoms with Crippen LogP contribution in [0.25, 0.3) is 11.1 Å². The highest BCUT2D eigenvalue weighted by atomic mass is 16.6. The zero-order valence-electron chi connectivity index (χ0n) is 6.07. The van der Waals surface area contributed by atoms with Crippen molar-refractivity contribution in [3.8, 4) is 0 Å². The van der Waals surface area contributed by atoms with Gasteiger partial charge in [0.05, 0.1) is 18.1 Å². The van der Waals surface area contributed by atoms with Gasteiger partial charge >= 0.3 is 0 Å². The lowest BCUT2D eigenvalue weighted by molar-refractivity contribution is 0.179. The molecule has 0 bridgehead atoms. The van der Waals surface area contributed by atoms with Gasteiger partial charge in [0.2, 0.25) is 0 Å². The first-order chi connectivity index (χ1) is 5.33. The molecule has 2 heterocycles. The Morgan fingerprint density at radius 2 is 2.45 bits per heavy atom. The smallest absolute Gasteiger partial charge is 0.178 e. The summed E-state index contributed by atoms with van der Waals surface area (Å²) in [6.45, 7) is 0. The van der Waals surface area contributed by atoms with Crippen molar-refractivity contribution >= 4 is 16.8 Å². The summed E-state index contributed by atoms with van der Waals surface area (Å²) in [4.78, 5) is 4.98. The Hall–Kier alpha value is -1.58. The van der Waals surface area contributed by atoms with E-state index in [0.717, 1.165) is 5.52 Å². The SMILES string of the molecule is COn1cc(N)c2occc21. The molecule has 2 aromatic heterocycles. The van der Waals surface area contributed by atoms with E-state index >= 15 is 0 Å². The third-order valence-electron chi connectivity index (χ3n) is 1.60. The molecule has 4 heteroatoms. The third-order valence-corrected chi connectivity index (χ3v) is 1.60. The van der Waals surface area contributed by atoms with Crippen molar-refractivity contribution in [3.05, 3.63) is 18.5 Å². The fourth-order valence-electron chi connectivity index (χ4n) is 1.10. The Labute approximate surface area is 63.1 Å². The van der Waals surface area contributed by atoms with E-state index in [1.54, 1.807) is 30.4 Å². The van der Waals surface area contributed by atoms with Gasteiger partial charge in [0.15, 0.2) is 5.58 Å². The van der Waals surface area contributed by atoms with Crippen LogP contribution in [0.1, 0.15) is 0 Å². The number of fused-ring (bicyclic) bond motifs is 1. The molecule has 11 heavy (non-hydrogen) atoms. The van der Waals surface area contributed by atoms with Crippen molar-refractivity contribution in [2.45, 2.75) is 0 Å². The molecule has 58 valence electrons. The summed E-state index contributed by atoms with van der Waals surface area (Å²) in [5, 5.41) is 0. The molecule has 0 radical (unpaired) electrons. The number of rotatable bonds is 1.